The van der Waals surface area contributed by atoms with Crippen LogP contribution in [-0.2, 0) is 4.79 Å². The average molecular weight is 279 g/mol. The lowest BCUT2D eigenvalue weighted by Gasteiger charge is -2.13. The summed E-state index contributed by atoms with van der Waals surface area (Å²) in [5.74, 6) is -3.82. The van der Waals surface area contributed by atoms with Crippen LogP contribution in [0.1, 0.15) is 35.9 Å². The number of rotatable bonds is 3. The van der Waals surface area contributed by atoms with E-state index in [4.69, 9.17) is 5.11 Å². The maximum absolute atomic E-state index is 12.2. The molecule has 0 aliphatic heterocycles. The van der Waals surface area contributed by atoms with Gasteiger partial charge in [0.15, 0.2) is 5.69 Å². The number of carbonyl (C=O) groups excluding carboxylic acids is 1. The first kappa shape index (κ1) is 15.0. The van der Waals surface area contributed by atoms with Gasteiger partial charge in [-0.15, -0.1) is 0 Å². The monoisotopic (exact) mass is 279 g/mol. The van der Waals surface area contributed by atoms with Gasteiger partial charge < -0.3 is 10.4 Å². The molecule has 19 heavy (non-hydrogen) atoms. The molecule has 6 nitrogen and oxygen atoms in total. The number of carboxylic acid groups (broad SMARTS) is 1. The molecule has 0 atom stereocenters. The van der Waals surface area contributed by atoms with Crippen LogP contribution >= 0.6 is 0 Å². The van der Waals surface area contributed by atoms with E-state index in [9.17, 15) is 22.8 Å². The number of aromatic nitrogens is 2. The summed E-state index contributed by atoms with van der Waals surface area (Å²) in [5, 5.41) is 14.2. The summed E-state index contributed by atoms with van der Waals surface area (Å²) >= 11 is 0. The molecule has 0 saturated heterocycles. The van der Waals surface area contributed by atoms with E-state index in [0.29, 0.717) is 0 Å². The number of carbonyl (C=O) groups is 2. The summed E-state index contributed by atoms with van der Waals surface area (Å²) in [4.78, 5) is 21.8. The standard InChI is InChI=1S/C10H12F3N3O3/c1-4(2)16-7(14-9(19)10(11,12)13)5(3)6(15-16)8(17)18/h4H,1-3H3,(H,14,19)(H,17,18). The van der Waals surface area contributed by atoms with Crippen LogP contribution in [0.3, 0.4) is 0 Å². The molecule has 0 saturated carbocycles. The zero-order valence-electron chi connectivity index (χ0n) is 10.4. The minimum Gasteiger partial charge on any atom is -0.476 e. The van der Waals surface area contributed by atoms with Gasteiger partial charge in [-0.05, 0) is 20.8 Å². The van der Waals surface area contributed by atoms with Crippen LogP contribution in [0.4, 0.5) is 19.0 Å². The van der Waals surface area contributed by atoms with Crippen molar-refractivity contribution in [1.82, 2.24) is 9.78 Å². The van der Waals surface area contributed by atoms with Crippen molar-refractivity contribution in [2.24, 2.45) is 0 Å². The van der Waals surface area contributed by atoms with E-state index in [1.165, 1.54) is 6.92 Å². The van der Waals surface area contributed by atoms with Crippen molar-refractivity contribution in [3.63, 3.8) is 0 Å². The van der Waals surface area contributed by atoms with Gasteiger partial charge >= 0.3 is 18.1 Å². The summed E-state index contributed by atoms with van der Waals surface area (Å²) in [7, 11) is 0. The number of halogens is 3. The van der Waals surface area contributed by atoms with Gasteiger partial charge in [-0.2, -0.15) is 18.3 Å². The van der Waals surface area contributed by atoms with Crippen molar-refractivity contribution >= 4 is 17.7 Å². The SMILES string of the molecule is Cc1c(C(=O)O)nn(C(C)C)c1NC(=O)C(F)(F)F. The van der Waals surface area contributed by atoms with Crippen LogP contribution in [0, 0.1) is 6.92 Å². The highest BCUT2D eigenvalue weighted by molar-refractivity contribution is 5.97. The summed E-state index contributed by atoms with van der Waals surface area (Å²) in [6.07, 6.45) is -5.05. The predicted molar refractivity (Wildman–Crippen MR) is 59.0 cm³/mol. The fraction of sp³-hybridized carbons (Fsp3) is 0.500. The van der Waals surface area contributed by atoms with Gasteiger partial charge in [0, 0.05) is 11.6 Å². The van der Waals surface area contributed by atoms with Crippen LogP contribution in [0.15, 0.2) is 0 Å². The molecular weight excluding hydrogens is 267 g/mol. The quantitative estimate of drug-likeness (QED) is 0.886. The Labute approximate surface area is 106 Å². The van der Waals surface area contributed by atoms with Crippen molar-refractivity contribution < 1.29 is 27.9 Å². The Kier molecular flexibility index (Phi) is 3.87. The van der Waals surface area contributed by atoms with Crippen LogP contribution in [0.25, 0.3) is 0 Å². The molecule has 1 aromatic rings. The maximum Gasteiger partial charge on any atom is 0.471 e. The van der Waals surface area contributed by atoms with Crippen molar-refractivity contribution in [3.05, 3.63) is 11.3 Å². The molecule has 9 heteroatoms. The Morgan fingerprint density at radius 3 is 2.26 bits per heavy atom. The third-order valence-corrected chi connectivity index (χ3v) is 2.33. The Morgan fingerprint density at radius 2 is 1.89 bits per heavy atom. The second kappa shape index (κ2) is 4.90. The zero-order chi connectivity index (χ0) is 15.0. The van der Waals surface area contributed by atoms with Crippen molar-refractivity contribution in [1.29, 1.82) is 0 Å². The Balaban J connectivity index is 3.26. The molecule has 0 fully saturated rings. The van der Waals surface area contributed by atoms with Crippen LogP contribution < -0.4 is 5.32 Å². The predicted octanol–water partition coefficient (Wildman–Crippen LogP) is 1.97. The topological polar surface area (TPSA) is 84.2 Å². The molecule has 0 spiro atoms. The lowest BCUT2D eigenvalue weighted by molar-refractivity contribution is -0.167. The third-order valence-electron chi connectivity index (χ3n) is 2.33. The van der Waals surface area contributed by atoms with Gasteiger partial charge in [-0.3, -0.25) is 4.79 Å². The fourth-order valence-corrected chi connectivity index (χ4v) is 1.42. The summed E-state index contributed by atoms with van der Waals surface area (Å²) in [6, 6.07) is -0.407. The second-order valence-electron chi connectivity index (χ2n) is 4.12. The van der Waals surface area contributed by atoms with Gasteiger partial charge in [0.1, 0.15) is 5.82 Å². The van der Waals surface area contributed by atoms with E-state index in [1.807, 2.05) is 0 Å². The number of hydrogen-bond acceptors (Lipinski definition) is 3. The molecule has 2 N–H and O–H groups in total. The number of nitrogens with one attached hydrogen (secondary N) is 1. The Morgan fingerprint density at radius 1 is 1.37 bits per heavy atom. The van der Waals surface area contributed by atoms with Gasteiger partial charge in [0.2, 0.25) is 0 Å². The average Bonchev–Trinajstić information content (AvgIpc) is 2.55. The van der Waals surface area contributed by atoms with Gasteiger partial charge in [-0.1, -0.05) is 0 Å². The lowest BCUT2D eigenvalue weighted by atomic mass is 10.2. The highest BCUT2D eigenvalue weighted by Crippen LogP contribution is 2.25. The summed E-state index contributed by atoms with van der Waals surface area (Å²) in [5.41, 5.74) is -0.426. The van der Waals surface area contributed by atoms with E-state index < -0.39 is 29.8 Å². The van der Waals surface area contributed by atoms with Crippen molar-refractivity contribution in [3.8, 4) is 0 Å². The highest BCUT2D eigenvalue weighted by atomic mass is 19.4. The van der Waals surface area contributed by atoms with Crippen LogP contribution in [0.2, 0.25) is 0 Å². The fourth-order valence-electron chi connectivity index (χ4n) is 1.42. The molecule has 0 aliphatic rings. The first-order valence-electron chi connectivity index (χ1n) is 5.26. The largest absolute Gasteiger partial charge is 0.476 e. The molecule has 0 aromatic carbocycles. The first-order chi connectivity index (χ1) is 8.55. The van der Waals surface area contributed by atoms with Gasteiger partial charge in [-0.25, -0.2) is 9.48 Å². The number of alkyl halides is 3. The van der Waals surface area contributed by atoms with Crippen LogP contribution in [0.5, 0.6) is 0 Å². The molecule has 1 rings (SSSR count). The van der Waals surface area contributed by atoms with Crippen molar-refractivity contribution in [2.45, 2.75) is 33.0 Å². The summed E-state index contributed by atoms with van der Waals surface area (Å²) < 4.78 is 37.7. The maximum atomic E-state index is 12.2. The van der Waals surface area contributed by atoms with Crippen molar-refractivity contribution in [2.75, 3.05) is 5.32 Å². The molecule has 0 unspecified atom stereocenters. The van der Waals surface area contributed by atoms with E-state index in [2.05, 4.69) is 5.10 Å². The number of anilines is 1. The first-order valence-corrected chi connectivity index (χ1v) is 5.26. The smallest absolute Gasteiger partial charge is 0.471 e. The Hall–Kier alpha value is -2.06. The highest BCUT2D eigenvalue weighted by Gasteiger charge is 2.40. The molecule has 0 radical (unpaired) electrons. The van der Waals surface area contributed by atoms with Crippen LogP contribution in [-0.4, -0.2) is 32.9 Å². The number of amides is 1. The Bertz CT molecular complexity index is 520. The minimum atomic E-state index is -5.05. The molecular formula is C10H12F3N3O3. The number of carboxylic acids is 1. The minimum absolute atomic E-state index is 0.0289. The zero-order valence-corrected chi connectivity index (χ0v) is 10.4. The lowest BCUT2D eigenvalue weighted by Crippen LogP contribution is -2.31. The van der Waals surface area contributed by atoms with Gasteiger partial charge in [0.25, 0.3) is 0 Å². The van der Waals surface area contributed by atoms with Gasteiger partial charge in [0.05, 0.1) is 0 Å². The number of aromatic carboxylic acids is 1. The van der Waals surface area contributed by atoms with E-state index in [1.54, 1.807) is 19.2 Å². The third kappa shape index (κ3) is 3.04. The van der Waals surface area contributed by atoms with E-state index in [0.717, 1.165) is 4.68 Å². The molecule has 1 aromatic heterocycles. The summed E-state index contributed by atoms with van der Waals surface area (Å²) in [6.45, 7) is 4.48. The molecule has 0 aliphatic carbocycles. The number of nitrogens with zero attached hydrogens (tertiary/aromatic N) is 2. The second-order valence-corrected chi connectivity index (χ2v) is 4.12. The van der Waals surface area contributed by atoms with E-state index >= 15 is 0 Å². The molecule has 0 bridgehead atoms. The van der Waals surface area contributed by atoms with E-state index in [-0.39, 0.29) is 11.4 Å². The normalized spacial score (nSPS) is 11.7. The molecule has 1 amide bonds. The molecule has 1 heterocycles. The number of hydrogen-bond donors (Lipinski definition) is 2. The molecule has 106 valence electrons.